The second-order valence-electron chi connectivity index (χ2n) is 6.71. The number of hydrogen-bond donors (Lipinski definition) is 0. The van der Waals surface area contributed by atoms with Crippen LogP contribution in [0.25, 0.3) is 39.1 Å². The van der Waals surface area contributed by atoms with E-state index in [4.69, 9.17) is 0 Å². The van der Waals surface area contributed by atoms with Gasteiger partial charge in [-0.1, -0.05) is 54.3 Å². The summed E-state index contributed by atoms with van der Waals surface area (Å²) in [7, 11) is 0. The molecule has 2 aromatic heterocycles. The lowest BCUT2D eigenvalue weighted by Crippen LogP contribution is -2.33. The molecule has 0 aliphatic rings. The largest absolute Gasteiger partial charge is 0.263 e. The Bertz CT molecular complexity index is 1310. The topological polar surface area (TPSA) is 34.6 Å². The van der Waals surface area contributed by atoms with Gasteiger partial charge in [0, 0.05) is 12.1 Å². The quantitative estimate of drug-likeness (QED) is 0.300. The second kappa shape index (κ2) is 7.45. The molecule has 0 spiro atoms. The highest BCUT2D eigenvalue weighted by molar-refractivity contribution is 7.18. The van der Waals surface area contributed by atoms with Crippen LogP contribution in [0.15, 0.2) is 85.5 Å². The molecule has 29 heavy (non-hydrogen) atoms. The van der Waals surface area contributed by atoms with Gasteiger partial charge in [0.15, 0.2) is 6.54 Å². The van der Waals surface area contributed by atoms with Gasteiger partial charge >= 0.3 is 0 Å². The molecule has 0 radical (unpaired) electrons. The van der Waals surface area contributed by atoms with Gasteiger partial charge in [0.2, 0.25) is 5.52 Å². The van der Waals surface area contributed by atoms with E-state index in [2.05, 4.69) is 69.9 Å². The Morgan fingerprint density at radius 2 is 1.55 bits per heavy atom. The van der Waals surface area contributed by atoms with Crippen LogP contribution in [0.2, 0.25) is 0 Å². The lowest BCUT2D eigenvalue weighted by Gasteiger charge is -1.99. The van der Waals surface area contributed by atoms with Gasteiger partial charge in [-0.25, -0.2) is 0 Å². The molecule has 2 heterocycles. The summed E-state index contributed by atoms with van der Waals surface area (Å²) in [6.07, 6.45) is 6.25. The van der Waals surface area contributed by atoms with Gasteiger partial charge < -0.3 is 0 Å². The van der Waals surface area contributed by atoms with E-state index in [0.29, 0.717) is 0 Å². The highest BCUT2D eigenvalue weighted by Gasteiger charge is 2.16. The molecule has 0 saturated carbocycles. The van der Waals surface area contributed by atoms with E-state index < -0.39 is 0 Å². The zero-order valence-corrected chi connectivity index (χ0v) is 16.6. The molecule has 0 fully saturated rings. The van der Waals surface area contributed by atoms with Gasteiger partial charge in [-0.15, -0.1) is 10.2 Å². The molecular formula is C24H19N4S+. The van der Waals surface area contributed by atoms with Crippen molar-refractivity contribution in [3.8, 4) is 5.69 Å². The maximum atomic E-state index is 4.54. The summed E-state index contributed by atoms with van der Waals surface area (Å²) in [5, 5.41) is 10.3. The lowest BCUT2D eigenvalue weighted by molar-refractivity contribution is -0.658. The molecule has 5 heteroatoms. The summed E-state index contributed by atoms with van der Waals surface area (Å²) in [6.45, 7) is 4.69. The minimum absolute atomic E-state index is 0.793. The Balaban J connectivity index is 1.44. The lowest BCUT2D eigenvalue weighted by atomic mass is 10.2. The van der Waals surface area contributed by atoms with E-state index in [1.54, 1.807) is 16.1 Å². The van der Waals surface area contributed by atoms with E-state index in [0.717, 1.165) is 28.8 Å². The number of nitrogens with zero attached hydrogens (tertiary/aromatic N) is 4. The Labute approximate surface area is 172 Å². The van der Waals surface area contributed by atoms with Crippen molar-refractivity contribution < 1.29 is 4.57 Å². The summed E-state index contributed by atoms with van der Waals surface area (Å²) in [5.74, 6) is 0. The molecular weight excluding hydrogens is 376 g/mol. The fraction of sp³-hybridized carbons (Fsp3) is 0.0417. The third-order valence-electron chi connectivity index (χ3n) is 4.78. The first-order valence-electron chi connectivity index (χ1n) is 9.45. The van der Waals surface area contributed by atoms with Crippen LogP contribution in [0.5, 0.6) is 0 Å². The van der Waals surface area contributed by atoms with Gasteiger partial charge in [-0.2, -0.15) is 9.36 Å². The minimum Gasteiger partial charge on any atom is -0.178 e. The van der Waals surface area contributed by atoms with Gasteiger partial charge in [-0.3, -0.25) is 0 Å². The number of para-hydroxylation sites is 1. The average molecular weight is 396 g/mol. The fourth-order valence-corrected chi connectivity index (χ4v) is 4.43. The zero-order valence-electron chi connectivity index (χ0n) is 15.8. The molecule has 0 unspecified atom stereocenters. The summed E-state index contributed by atoms with van der Waals surface area (Å²) >= 11 is 1.79. The number of allylic oxidation sites excluding steroid dienone is 1. The molecule has 0 aliphatic heterocycles. The first kappa shape index (κ1) is 17.5. The summed E-state index contributed by atoms with van der Waals surface area (Å²) < 4.78 is 3.57. The highest BCUT2D eigenvalue weighted by Crippen LogP contribution is 2.22. The van der Waals surface area contributed by atoms with Gasteiger partial charge in [0.1, 0.15) is 15.7 Å². The molecule has 0 bridgehead atoms. The molecule has 140 valence electrons. The smallest absolute Gasteiger partial charge is 0.178 e. The van der Waals surface area contributed by atoms with E-state index in [1.165, 1.54) is 15.2 Å². The predicted octanol–water partition coefficient (Wildman–Crippen LogP) is 5.28. The number of aromatic nitrogens is 4. The molecule has 0 atom stereocenters. The Hall–Kier alpha value is -3.57. The summed E-state index contributed by atoms with van der Waals surface area (Å²) in [4.78, 5) is 1.68. The molecule has 0 amide bonds. The standard InChI is InChI=1S/C24H19N4S/c1-2-17-27-22-9-5-6-10-23(22)29-24(27)16-13-18-11-14-19(15-12-18)28-25-20-7-3-4-8-21(20)26-28/h2-16H,1,17H2/q+1. The summed E-state index contributed by atoms with van der Waals surface area (Å²) in [6, 6.07) is 24.6. The van der Waals surface area contributed by atoms with Crippen LogP contribution in [-0.4, -0.2) is 15.0 Å². The van der Waals surface area contributed by atoms with Gasteiger partial charge in [-0.05, 0) is 48.0 Å². The molecule has 4 nitrogen and oxygen atoms in total. The molecule has 0 aliphatic carbocycles. The van der Waals surface area contributed by atoms with Crippen molar-refractivity contribution in [2.75, 3.05) is 0 Å². The first-order valence-corrected chi connectivity index (χ1v) is 10.3. The van der Waals surface area contributed by atoms with Crippen molar-refractivity contribution in [3.63, 3.8) is 0 Å². The van der Waals surface area contributed by atoms with Crippen molar-refractivity contribution in [1.29, 1.82) is 0 Å². The van der Waals surface area contributed by atoms with Crippen LogP contribution >= 0.6 is 11.3 Å². The van der Waals surface area contributed by atoms with Crippen LogP contribution < -0.4 is 4.57 Å². The van der Waals surface area contributed by atoms with E-state index in [1.807, 2.05) is 42.5 Å². The Morgan fingerprint density at radius 1 is 0.862 bits per heavy atom. The van der Waals surface area contributed by atoms with Crippen LogP contribution in [0.1, 0.15) is 10.6 Å². The van der Waals surface area contributed by atoms with Crippen molar-refractivity contribution in [2.24, 2.45) is 0 Å². The van der Waals surface area contributed by atoms with Gasteiger partial charge in [0.25, 0.3) is 5.01 Å². The number of rotatable bonds is 5. The van der Waals surface area contributed by atoms with Crippen molar-refractivity contribution >= 4 is 44.7 Å². The minimum atomic E-state index is 0.793. The van der Waals surface area contributed by atoms with Crippen molar-refractivity contribution in [3.05, 3.63) is 96.0 Å². The first-order chi connectivity index (χ1) is 14.3. The van der Waals surface area contributed by atoms with E-state index in [-0.39, 0.29) is 0 Å². The van der Waals surface area contributed by atoms with E-state index in [9.17, 15) is 0 Å². The number of thiazole rings is 1. The van der Waals surface area contributed by atoms with Crippen molar-refractivity contribution in [1.82, 2.24) is 15.0 Å². The van der Waals surface area contributed by atoms with E-state index >= 15 is 0 Å². The number of fused-ring (bicyclic) bond motifs is 2. The molecule has 0 N–H and O–H groups in total. The summed E-state index contributed by atoms with van der Waals surface area (Å²) in [5.41, 5.74) is 5.11. The molecule has 5 aromatic rings. The highest BCUT2D eigenvalue weighted by atomic mass is 32.1. The Morgan fingerprint density at radius 3 is 2.28 bits per heavy atom. The SMILES string of the molecule is C=CC[n+]1c(/C=C/c2ccc(-n3nc4ccccc4n3)cc2)sc2ccccc21. The monoisotopic (exact) mass is 395 g/mol. The van der Waals surface area contributed by atoms with Crippen LogP contribution in [0, 0.1) is 0 Å². The van der Waals surface area contributed by atoms with Gasteiger partial charge in [0.05, 0.1) is 5.69 Å². The third kappa shape index (κ3) is 3.37. The Kier molecular flexibility index (Phi) is 4.50. The zero-order chi connectivity index (χ0) is 19.6. The molecule has 5 rings (SSSR count). The maximum Gasteiger partial charge on any atom is 0.263 e. The predicted molar refractivity (Wildman–Crippen MR) is 120 cm³/mol. The third-order valence-corrected chi connectivity index (χ3v) is 5.91. The van der Waals surface area contributed by atoms with Crippen LogP contribution in [-0.2, 0) is 6.54 Å². The molecule has 0 saturated heterocycles. The number of benzene rings is 3. The maximum absolute atomic E-state index is 4.54. The van der Waals surface area contributed by atoms with Crippen molar-refractivity contribution in [2.45, 2.75) is 6.54 Å². The van der Waals surface area contributed by atoms with Crippen LogP contribution in [0.4, 0.5) is 0 Å². The van der Waals surface area contributed by atoms with Crippen LogP contribution in [0.3, 0.4) is 0 Å². The number of hydrogen-bond acceptors (Lipinski definition) is 3. The normalized spacial score (nSPS) is 11.6. The molecule has 3 aromatic carbocycles. The second-order valence-corrected chi connectivity index (χ2v) is 7.77. The average Bonchev–Trinajstić information content (AvgIpc) is 3.35. The fourth-order valence-electron chi connectivity index (χ4n) is 3.36.